The molecule has 0 aliphatic carbocycles. The van der Waals surface area contributed by atoms with E-state index >= 15 is 0 Å². The van der Waals surface area contributed by atoms with Crippen LogP contribution in [0.3, 0.4) is 0 Å². The molecule has 0 aliphatic rings. The van der Waals surface area contributed by atoms with Crippen LogP contribution in [0.4, 0.5) is 4.39 Å². The van der Waals surface area contributed by atoms with E-state index in [1.807, 2.05) is 0 Å². The van der Waals surface area contributed by atoms with Crippen molar-refractivity contribution in [1.82, 2.24) is 4.98 Å². The van der Waals surface area contributed by atoms with E-state index in [0.717, 1.165) is 0 Å². The maximum absolute atomic E-state index is 13.1. The number of aryl methyl sites for hydroxylation is 1. The maximum atomic E-state index is 13.1. The van der Waals surface area contributed by atoms with E-state index < -0.39 is 11.9 Å². The third-order valence-corrected chi connectivity index (χ3v) is 1.98. The van der Waals surface area contributed by atoms with E-state index in [1.165, 1.54) is 6.07 Å². The van der Waals surface area contributed by atoms with Crippen molar-refractivity contribution in [1.29, 1.82) is 0 Å². The van der Waals surface area contributed by atoms with Gasteiger partial charge in [-0.05, 0) is 19.9 Å². The van der Waals surface area contributed by atoms with E-state index in [0.29, 0.717) is 5.69 Å². The van der Waals surface area contributed by atoms with Gasteiger partial charge >= 0.3 is 5.97 Å². The Balaban J connectivity index is 3.09. The van der Waals surface area contributed by atoms with Crippen molar-refractivity contribution in [2.75, 3.05) is 6.61 Å². The smallest absolute Gasteiger partial charge is 0.342 e. The molecule has 1 heterocycles. The predicted molar refractivity (Wildman–Crippen MR) is 49.9 cm³/mol. The molecule has 3 nitrogen and oxygen atoms in total. The highest BCUT2D eigenvalue weighted by Gasteiger charge is 2.15. The van der Waals surface area contributed by atoms with Gasteiger partial charge in [-0.2, -0.15) is 4.39 Å². The van der Waals surface area contributed by atoms with E-state index in [1.54, 1.807) is 13.8 Å². The fourth-order valence-electron chi connectivity index (χ4n) is 0.904. The Morgan fingerprint density at radius 1 is 1.71 bits per heavy atom. The van der Waals surface area contributed by atoms with E-state index in [-0.39, 0.29) is 17.2 Å². The van der Waals surface area contributed by atoms with Crippen LogP contribution in [-0.2, 0) is 4.74 Å². The first-order chi connectivity index (χ1) is 6.56. The number of halogens is 2. The molecule has 0 saturated carbocycles. The number of hydrogen-bond acceptors (Lipinski definition) is 3. The van der Waals surface area contributed by atoms with Crippen LogP contribution in [-0.4, -0.2) is 17.6 Å². The standard InChI is InChI=1S/C9H9ClFNO2/c1-3-14-9(13)6-4-7(10)5(2)12-8(6)11/h4H,3H2,1-2H3. The first-order valence-corrected chi connectivity index (χ1v) is 4.43. The number of hydrogen-bond donors (Lipinski definition) is 0. The average molecular weight is 218 g/mol. The molecule has 0 saturated heterocycles. The van der Waals surface area contributed by atoms with Crippen molar-refractivity contribution < 1.29 is 13.9 Å². The lowest BCUT2D eigenvalue weighted by molar-refractivity contribution is 0.0520. The predicted octanol–water partition coefficient (Wildman–Crippen LogP) is 2.36. The molecular weight excluding hydrogens is 209 g/mol. The van der Waals surface area contributed by atoms with Crippen molar-refractivity contribution in [3.05, 3.63) is 28.3 Å². The van der Waals surface area contributed by atoms with Crippen molar-refractivity contribution in [2.24, 2.45) is 0 Å². The second kappa shape index (κ2) is 4.37. The molecule has 0 fully saturated rings. The molecule has 76 valence electrons. The van der Waals surface area contributed by atoms with Crippen LogP contribution in [0, 0.1) is 12.9 Å². The van der Waals surface area contributed by atoms with Crippen LogP contribution in [0.1, 0.15) is 23.0 Å². The summed E-state index contributed by atoms with van der Waals surface area (Å²) in [6.07, 6.45) is 0. The normalized spacial score (nSPS) is 10.0. The summed E-state index contributed by atoms with van der Waals surface area (Å²) in [5, 5.41) is 0.245. The minimum Gasteiger partial charge on any atom is -0.462 e. The Hall–Kier alpha value is -1.16. The lowest BCUT2D eigenvalue weighted by Crippen LogP contribution is -2.09. The molecule has 0 unspecified atom stereocenters. The fraction of sp³-hybridized carbons (Fsp3) is 0.333. The molecule has 0 aromatic carbocycles. The molecule has 1 rings (SSSR count). The van der Waals surface area contributed by atoms with E-state index in [2.05, 4.69) is 9.72 Å². The number of pyridine rings is 1. The summed E-state index contributed by atoms with van der Waals surface area (Å²) in [5.74, 6) is -1.61. The van der Waals surface area contributed by atoms with Crippen LogP contribution >= 0.6 is 11.6 Å². The monoisotopic (exact) mass is 217 g/mol. The highest BCUT2D eigenvalue weighted by atomic mass is 35.5. The van der Waals surface area contributed by atoms with Gasteiger partial charge in [0.1, 0.15) is 5.56 Å². The summed E-state index contributed by atoms with van der Waals surface area (Å²) < 4.78 is 17.8. The zero-order valence-electron chi connectivity index (χ0n) is 7.80. The van der Waals surface area contributed by atoms with Crippen molar-refractivity contribution in [2.45, 2.75) is 13.8 Å². The van der Waals surface area contributed by atoms with Gasteiger partial charge in [0, 0.05) is 0 Å². The van der Waals surface area contributed by atoms with Gasteiger partial charge in [-0.25, -0.2) is 9.78 Å². The van der Waals surface area contributed by atoms with Crippen molar-refractivity contribution in [3.63, 3.8) is 0 Å². The van der Waals surface area contributed by atoms with E-state index in [9.17, 15) is 9.18 Å². The molecule has 14 heavy (non-hydrogen) atoms. The fourth-order valence-corrected chi connectivity index (χ4v) is 1.05. The van der Waals surface area contributed by atoms with Gasteiger partial charge in [0.2, 0.25) is 5.95 Å². The number of aromatic nitrogens is 1. The first kappa shape index (κ1) is 10.9. The zero-order valence-corrected chi connectivity index (χ0v) is 8.56. The SMILES string of the molecule is CCOC(=O)c1cc(Cl)c(C)nc1F. The maximum Gasteiger partial charge on any atom is 0.342 e. The number of rotatable bonds is 2. The van der Waals surface area contributed by atoms with Gasteiger partial charge in [0.15, 0.2) is 0 Å². The van der Waals surface area contributed by atoms with Gasteiger partial charge in [-0.3, -0.25) is 0 Å². The summed E-state index contributed by atoms with van der Waals surface area (Å²) in [7, 11) is 0. The van der Waals surface area contributed by atoms with Crippen LogP contribution in [0.15, 0.2) is 6.07 Å². The molecule has 5 heteroatoms. The van der Waals surface area contributed by atoms with Gasteiger partial charge in [-0.1, -0.05) is 11.6 Å². The Labute approximate surface area is 85.9 Å². The minimum absolute atomic E-state index is 0.184. The van der Waals surface area contributed by atoms with Gasteiger partial charge < -0.3 is 4.74 Å². The highest BCUT2D eigenvalue weighted by Crippen LogP contribution is 2.17. The Bertz CT molecular complexity index is 368. The summed E-state index contributed by atoms with van der Waals surface area (Å²) in [6, 6.07) is 1.22. The zero-order chi connectivity index (χ0) is 10.7. The third-order valence-electron chi connectivity index (χ3n) is 1.60. The molecule has 0 atom stereocenters. The molecule has 0 spiro atoms. The lowest BCUT2D eigenvalue weighted by Gasteiger charge is -2.04. The summed E-state index contributed by atoms with van der Waals surface area (Å²) in [5.41, 5.74) is 0.111. The van der Waals surface area contributed by atoms with Crippen molar-refractivity contribution in [3.8, 4) is 0 Å². The van der Waals surface area contributed by atoms with Gasteiger partial charge in [-0.15, -0.1) is 0 Å². The number of nitrogens with zero attached hydrogens (tertiary/aromatic N) is 1. The lowest BCUT2D eigenvalue weighted by atomic mass is 10.2. The summed E-state index contributed by atoms with van der Waals surface area (Å²) >= 11 is 5.69. The molecule has 1 aromatic heterocycles. The molecule has 0 radical (unpaired) electrons. The molecule has 1 aromatic rings. The Morgan fingerprint density at radius 3 is 2.93 bits per heavy atom. The van der Waals surface area contributed by atoms with Crippen molar-refractivity contribution >= 4 is 17.6 Å². The average Bonchev–Trinajstić information content (AvgIpc) is 2.11. The number of carbonyl (C=O) groups excluding carboxylic acids is 1. The van der Waals surface area contributed by atoms with Gasteiger partial charge in [0.05, 0.1) is 17.3 Å². The quantitative estimate of drug-likeness (QED) is 0.564. The summed E-state index contributed by atoms with van der Waals surface area (Å²) in [4.78, 5) is 14.6. The number of ether oxygens (including phenoxy) is 1. The molecule has 0 aliphatic heterocycles. The van der Waals surface area contributed by atoms with Crippen LogP contribution in [0.2, 0.25) is 5.02 Å². The molecular formula is C9H9ClFNO2. The van der Waals surface area contributed by atoms with Crippen LogP contribution < -0.4 is 0 Å². The third kappa shape index (κ3) is 2.20. The van der Waals surface area contributed by atoms with Crippen LogP contribution in [0.5, 0.6) is 0 Å². The second-order valence-electron chi connectivity index (χ2n) is 2.61. The molecule has 0 N–H and O–H groups in total. The summed E-state index contributed by atoms with van der Waals surface area (Å²) in [6.45, 7) is 3.38. The van der Waals surface area contributed by atoms with Gasteiger partial charge in [0.25, 0.3) is 0 Å². The minimum atomic E-state index is -0.856. The number of carbonyl (C=O) groups is 1. The van der Waals surface area contributed by atoms with Crippen LogP contribution in [0.25, 0.3) is 0 Å². The number of esters is 1. The Kier molecular flexibility index (Phi) is 3.41. The highest BCUT2D eigenvalue weighted by molar-refractivity contribution is 6.31. The molecule has 0 bridgehead atoms. The Morgan fingerprint density at radius 2 is 2.36 bits per heavy atom. The topological polar surface area (TPSA) is 39.2 Å². The molecule has 0 amide bonds. The second-order valence-corrected chi connectivity index (χ2v) is 3.02. The first-order valence-electron chi connectivity index (χ1n) is 4.06. The van der Waals surface area contributed by atoms with E-state index in [4.69, 9.17) is 11.6 Å². The largest absolute Gasteiger partial charge is 0.462 e.